The van der Waals surface area contributed by atoms with Crippen molar-refractivity contribution < 1.29 is 26.4 Å². The average Bonchev–Trinajstić information content (AvgIpc) is 2.83. The van der Waals surface area contributed by atoms with Gasteiger partial charge >= 0.3 is 0 Å². The Morgan fingerprint density at radius 3 is 1.66 bits per heavy atom. The standard InChI is InChI=1S/C24H24O6S2/c1-24(18-25,21-15-9-10-16-22(21)30-2)17-23(31(26,27)19-11-5-3-6-12-19)32(28,29)20-13-7-4-8-14-20/h3-16,18,23H,17H2,1-2H3/t24-/m1/s1. The number of sulfone groups is 2. The molecule has 3 aromatic carbocycles. The second kappa shape index (κ2) is 9.26. The Morgan fingerprint density at radius 1 is 0.781 bits per heavy atom. The van der Waals surface area contributed by atoms with Gasteiger partial charge in [0, 0.05) is 5.56 Å². The molecule has 0 unspecified atom stereocenters. The smallest absolute Gasteiger partial charge is 0.195 e. The van der Waals surface area contributed by atoms with E-state index in [1.807, 2.05) is 0 Å². The molecule has 0 radical (unpaired) electrons. The van der Waals surface area contributed by atoms with Crippen LogP contribution in [-0.2, 0) is 29.9 Å². The van der Waals surface area contributed by atoms with E-state index in [-0.39, 0.29) is 9.79 Å². The molecule has 0 aliphatic heterocycles. The Labute approximate surface area is 188 Å². The van der Waals surface area contributed by atoms with Gasteiger partial charge in [-0.05, 0) is 43.7 Å². The predicted octanol–water partition coefficient (Wildman–Crippen LogP) is 3.82. The molecule has 0 aliphatic rings. The maximum Gasteiger partial charge on any atom is 0.195 e. The molecule has 3 rings (SSSR count). The quantitative estimate of drug-likeness (QED) is 0.440. The molecule has 0 heterocycles. The molecule has 6 nitrogen and oxygen atoms in total. The third-order valence-corrected chi connectivity index (χ3v) is 10.5. The number of carbonyl (C=O) groups excluding carboxylic acids is 1. The summed E-state index contributed by atoms with van der Waals surface area (Å²) in [5.74, 6) is 0.370. The second-order valence-electron chi connectivity index (χ2n) is 7.59. The number of benzene rings is 3. The van der Waals surface area contributed by atoms with Crippen LogP contribution in [0.2, 0.25) is 0 Å². The van der Waals surface area contributed by atoms with E-state index in [1.54, 1.807) is 36.4 Å². The number of carbonyl (C=O) groups is 1. The minimum absolute atomic E-state index is 0.127. The Morgan fingerprint density at radius 2 is 1.22 bits per heavy atom. The summed E-state index contributed by atoms with van der Waals surface area (Å²) in [5, 5.41) is 0. The fraction of sp³-hybridized carbons (Fsp3) is 0.208. The lowest BCUT2D eigenvalue weighted by Crippen LogP contribution is -2.39. The molecule has 168 valence electrons. The zero-order chi connectivity index (χ0) is 23.4. The summed E-state index contributed by atoms with van der Waals surface area (Å²) >= 11 is 0. The molecule has 0 aliphatic carbocycles. The zero-order valence-electron chi connectivity index (χ0n) is 17.7. The van der Waals surface area contributed by atoms with Crippen LogP contribution in [0.15, 0.2) is 94.7 Å². The molecule has 0 fully saturated rings. The van der Waals surface area contributed by atoms with Gasteiger partial charge in [0.25, 0.3) is 0 Å². The molecule has 32 heavy (non-hydrogen) atoms. The van der Waals surface area contributed by atoms with Gasteiger partial charge in [-0.25, -0.2) is 16.8 Å². The van der Waals surface area contributed by atoms with E-state index < -0.39 is 36.1 Å². The lowest BCUT2D eigenvalue weighted by atomic mass is 9.81. The summed E-state index contributed by atoms with van der Waals surface area (Å²) in [7, 11) is -7.30. The number of hydrogen-bond acceptors (Lipinski definition) is 6. The Kier molecular flexibility index (Phi) is 6.85. The number of hydrogen-bond donors (Lipinski definition) is 0. The van der Waals surface area contributed by atoms with Gasteiger partial charge in [-0.2, -0.15) is 0 Å². The highest BCUT2D eigenvalue weighted by Crippen LogP contribution is 2.39. The van der Waals surface area contributed by atoms with Crippen molar-refractivity contribution in [3.63, 3.8) is 0 Å². The SMILES string of the molecule is COc1ccccc1[C@@](C)(C=O)CC(S(=O)(=O)c1ccccc1)S(=O)(=O)c1ccccc1. The van der Waals surface area contributed by atoms with Crippen LogP contribution in [0.5, 0.6) is 5.75 Å². The van der Waals surface area contributed by atoms with E-state index >= 15 is 0 Å². The highest BCUT2D eigenvalue weighted by atomic mass is 32.3. The van der Waals surface area contributed by atoms with Crippen LogP contribution in [0.25, 0.3) is 0 Å². The number of para-hydroxylation sites is 1. The topological polar surface area (TPSA) is 94.6 Å². The lowest BCUT2D eigenvalue weighted by molar-refractivity contribution is -0.112. The van der Waals surface area contributed by atoms with E-state index in [2.05, 4.69) is 0 Å². The van der Waals surface area contributed by atoms with Crippen molar-refractivity contribution in [3.8, 4) is 5.75 Å². The first-order valence-corrected chi connectivity index (χ1v) is 12.9. The fourth-order valence-corrected chi connectivity index (χ4v) is 8.41. The number of aldehydes is 1. The third kappa shape index (κ3) is 4.47. The number of rotatable bonds is 9. The van der Waals surface area contributed by atoms with Gasteiger partial charge in [-0.15, -0.1) is 0 Å². The van der Waals surface area contributed by atoms with Crippen molar-refractivity contribution >= 4 is 26.0 Å². The highest BCUT2D eigenvalue weighted by molar-refractivity contribution is 8.09. The van der Waals surface area contributed by atoms with Crippen molar-refractivity contribution in [2.75, 3.05) is 7.11 Å². The van der Waals surface area contributed by atoms with Crippen LogP contribution >= 0.6 is 0 Å². The van der Waals surface area contributed by atoms with Crippen molar-refractivity contribution in [2.24, 2.45) is 0 Å². The van der Waals surface area contributed by atoms with Gasteiger partial charge in [-0.1, -0.05) is 54.6 Å². The Hall–Kier alpha value is -2.97. The molecule has 0 N–H and O–H groups in total. The molecule has 8 heteroatoms. The van der Waals surface area contributed by atoms with Gasteiger partial charge in [-0.3, -0.25) is 0 Å². The summed E-state index contributed by atoms with van der Waals surface area (Å²) in [4.78, 5) is 12.1. The lowest BCUT2D eigenvalue weighted by Gasteiger charge is -2.30. The normalized spacial score (nSPS) is 14.0. The van der Waals surface area contributed by atoms with Gasteiger partial charge in [0.15, 0.2) is 24.3 Å². The van der Waals surface area contributed by atoms with Gasteiger partial charge < -0.3 is 9.53 Å². The van der Waals surface area contributed by atoms with E-state index in [1.165, 1.54) is 62.6 Å². The predicted molar refractivity (Wildman–Crippen MR) is 122 cm³/mol. The zero-order valence-corrected chi connectivity index (χ0v) is 19.3. The van der Waals surface area contributed by atoms with Crippen LogP contribution < -0.4 is 4.74 Å². The first kappa shape index (κ1) is 23.7. The minimum atomic E-state index is -4.37. The molecule has 3 aromatic rings. The first-order chi connectivity index (χ1) is 15.2. The van der Waals surface area contributed by atoms with Crippen LogP contribution in [0.3, 0.4) is 0 Å². The maximum atomic E-state index is 13.6. The second-order valence-corrected chi connectivity index (χ2v) is 12.1. The van der Waals surface area contributed by atoms with E-state index in [9.17, 15) is 21.6 Å². The summed E-state index contributed by atoms with van der Waals surface area (Å²) < 4.78 is 57.9. The monoisotopic (exact) mass is 472 g/mol. The summed E-state index contributed by atoms with van der Waals surface area (Å²) in [6.07, 6.45) is 0.101. The van der Waals surface area contributed by atoms with Gasteiger partial charge in [0.2, 0.25) is 0 Å². The van der Waals surface area contributed by atoms with Crippen molar-refractivity contribution in [3.05, 3.63) is 90.5 Å². The minimum Gasteiger partial charge on any atom is -0.496 e. The highest BCUT2D eigenvalue weighted by Gasteiger charge is 2.46. The van der Waals surface area contributed by atoms with E-state index in [0.29, 0.717) is 17.6 Å². The van der Waals surface area contributed by atoms with Crippen LogP contribution in [-0.4, -0.2) is 34.8 Å². The van der Waals surface area contributed by atoms with Crippen molar-refractivity contribution in [2.45, 2.75) is 33.1 Å². The van der Waals surface area contributed by atoms with Crippen LogP contribution in [0, 0.1) is 0 Å². The molecular weight excluding hydrogens is 448 g/mol. The number of methoxy groups -OCH3 is 1. The van der Waals surface area contributed by atoms with E-state index in [4.69, 9.17) is 4.74 Å². The molecule has 0 amide bonds. The molecule has 0 aromatic heterocycles. The summed E-state index contributed by atoms with van der Waals surface area (Å²) in [6.45, 7) is 1.52. The average molecular weight is 473 g/mol. The summed E-state index contributed by atoms with van der Waals surface area (Å²) in [5.41, 5.74) is -1.03. The van der Waals surface area contributed by atoms with Crippen LogP contribution in [0.4, 0.5) is 0 Å². The maximum absolute atomic E-state index is 13.6. The molecule has 0 spiro atoms. The number of ether oxygens (including phenoxy) is 1. The Balaban J connectivity index is 2.22. The third-order valence-electron chi connectivity index (χ3n) is 5.41. The van der Waals surface area contributed by atoms with Gasteiger partial charge in [0.05, 0.1) is 22.3 Å². The van der Waals surface area contributed by atoms with Crippen molar-refractivity contribution in [1.29, 1.82) is 0 Å². The molecular formula is C24H24O6S2. The first-order valence-electron chi connectivity index (χ1n) is 9.84. The molecule has 0 bridgehead atoms. The summed E-state index contributed by atoms with van der Waals surface area (Å²) in [6, 6.07) is 21.5. The fourth-order valence-electron chi connectivity index (χ4n) is 3.59. The largest absolute Gasteiger partial charge is 0.496 e. The van der Waals surface area contributed by atoms with Gasteiger partial charge in [0.1, 0.15) is 12.0 Å². The van der Waals surface area contributed by atoms with Crippen LogP contribution in [0.1, 0.15) is 18.9 Å². The van der Waals surface area contributed by atoms with E-state index in [0.717, 1.165) is 0 Å². The Bertz CT molecular complexity index is 1220. The molecule has 1 atom stereocenters. The van der Waals surface area contributed by atoms with Crippen molar-refractivity contribution in [1.82, 2.24) is 0 Å². The molecule has 0 saturated heterocycles. The molecule has 0 saturated carbocycles.